The number of carbonyl (C=O) groups is 2. The van der Waals surface area contributed by atoms with Gasteiger partial charge in [0.25, 0.3) is 5.91 Å². The molecular weight excluding hydrogens is 351 g/mol. The maximum absolute atomic E-state index is 13.1. The first-order chi connectivity index (χ1) is 13.0. The van der Waals surface area contributed by atoms with Crippen LogP contribution in [0.25, 0.3) is 6.08 Å². The highest BCUT2D eigenvalue weighted by atomic mass is 19.1. The Bertz CT molecular complexity index is 886. The average Bonchev–Trinajstić information content (AvgIpc) is 2.66. The molecule has 7 heteroatoms. The fourth-order valence-electron chi connectivity index (χ4n) is 2.10. The molecule has 0 fully saturated rings. The van der Waals surface area contributed by atoms with Crippen LogP contribution in [0.4, 0.5) is 10.1 Å². The molecule has 6 nitrogen and oxygen atoms in total. The molecule has 2 rings (SSSR count). The van der Waals surface area contributed by atoms with E-state index in [1.54, 1.807) is 30.3 Å². The third-order valence-electron chi connectivity index (χ3n) is 3.29. The smallest absolute Gasteiger partial charge is 0.349 e. The van der Waals surface area contributed by atoms with E-state index in [1.807, 2.05) is 6.92 Å². The second-order valence-corrected chi connectivity index (χ2v) is 5.31. The number of rotatable bonds is 7. The molecule has 0 aliphatic carbocycles. The van der Waals surface area contributed by atoms with Gasteiger partial charge >= 0.3 is 5.97 Å². The van der Waals surface area contributed by atoms with Crippen LogP contribution in [0.5, 0.6) is 5.75 Å². The Morgan fingerprint density at radius 3 is 2.59 bits per heavy atom. The number of anilines is 1. The van der Waals surface area contributed by atoms with E-state index in [0.29, 0.717) is 17.9 Å². The van der Waals surface area contributed by atoms with Gasteiger partial charge in [-0.2, -0.15) is 5.26 Å². The van der Waals surface area contributed by atoms with Crippen LogP contribution < -0.4 is 10.1 Å². The zero-order valence-corrected chi connectivity index (χ0v) is 14.6. The Morgan fingerprint density at radius 1 is 1.22 bits per heavy atom. The van der Waals surface area contributed by atoms with E-state index in [9.17, 15) is 14.0 Å². The van der Waals surface area contributed by atoms with Gasteiger partial charge in [-0.15, -0.1) is 0 Å². The molecule has 138 valence electrons. The van der Waals surface area contributed by atoms with Crippen molar-refractivity contribution in [2.45, 2.75) is 6.92 Å². The maximum Gasteiger partial charge on any atom is 0.349 e. The van der Waals surface area contributed by atoms with Crippen LogP contribution in [-0.4, -0.2) is 25.1 Å². The van der Waals surface area contributed by atoms with E-state index in [4.69, 9.17) is 14.7 Å². The summed E-state index contributed by atoms with van der Waals surface area (Å²) in [4.78, 5) is 23.8. The third-order valence-corrected chi connectivity index (χ3v) is 3.29. The van der Waals surface area contributed by atoms with Crippen LogP contribution in [-0.2, 0) is 14.3 Å². The van der Waals surface area contributed by atoms with E-state index in [2.05, 4.69) is 5.32 Å². The highest BCUT2D eigenvalue weighted by Crippen LogP contribution is 2.15. The SMILES string of the molecule is CCOc1ccc(/C=C(\C#N)C(=O)OCC(=O)Nc2cccc(F)c2)cc1. The standard InChI is InChI=1S/C20H17FN2O4/c1-2-26-18-8-6-14(7-9-18)10-15(12-22)20(25)27-13-19(24)23-17-5-3-4-16(21)11-17/h3-11H,2,13H2,1H3,(H,23,24)/b15-10+. The Hall–Kier alpha value is -3.66. The molecule has 0 bridgehead atoms. The zero-order valence-electron chi connectivity index (χ0n) is 14.6. The van der Waals surface area contributed by atoms with Gasteiger partial charge in [-0.25, -0.2) is 9.18 Å². The van der Waals surface area contributed by atoms with Crippen LogP contribution in [0.15, 0.2) is 54.1 Å². The van der Waals surface area contributed by atoms with Crippen molar-refractivity contribution < 1.29 is 23.5 Å². The highest BCUT2D eigenvalue weighted by molar-refractivity contribution is 6.00. The summed E-state index contributed by atoms with van der Waals surface area (Å²) in [5, 5.41) is 11.5. The quantitative estimate of drug-likeness (QED) is 0.460. The van der Waals surface area contributed by atoms with Gasteiger partial charge in [-0.1, -0.05) is 18.2 Å². The summed E-state index contributed by atoms with van der Waals surface area (Å²) in [5.41, 5.74) is 0.593. The van der Waals surface area contributed by atoms with Gasteiger partial charge in [-0.05, 0) is 48.9 Å². The number of benzene rings is 2. The van der Waals surface area contributed by atoms with Crippen molar-refractivity contribution in [3.63, 3.8) is 0 Å². The Morgan fingerprint density at radius 2 is 1.96 bits per heavy atom. The molecule has 0 unspecified atom stereocenters. The van der Waals surface area contributed by atoms with Crippen LogP contribution in [0, 0.1) is 17.1 Å². The summed E-state index contributed by atoms with van der Waals surface area (Å²) in [6, 6.07) is 13.8. The number of halogens is 1. The van der Waals surface area contributed by atoms with Gasteiger partial charge in [0.05, 0.1) is 6.61 Å². The summed E-state index contributed by atoms with van der Waals surface area (Å²) in [5.74, 6) is -1.41. The minimum atomic E-state index is -0.930. The van der Waals surface area contributed by atoms with Crippen molar-refractivity contribution in [1.82, 2.24) is 0 Å². The minimum absolute atomic E-state index is 0.237. The van der Waals surface area contributed by atoms with E-state index < -0.39 is 24.3 Å². The molecule has 0 aliphatic rings. The molecule has 0 atom stereocenters. The van der Waals surface area contributed by atoms with Crippen molar-refractivity contribution in [3.8, 4) is 11.8 Å². The second kappa shape index (κ2) is 9.73. The fourth-order valence-corrected chi connectivity index (χ4v) is 2.10. The molecular formula is C20H17FN2O4. The number of amides is 1. The van der Waals surface area contributed by atoms with Gasteiger partial charge < -0.3 is 14.8 Å². The molecule has 0 aliphatic heterocycles. The third kappa shape index (κ3) is 6.29. The topological polar surface area (TPSA) is 88.4 Å². The van der Waals surface area contributed by atoms with Crippen LogP contribution in [0.1, 0.15) is 12.5 Å². The van der Waals surface area contributed by atoms with E-state index in [-0.39, 0.29) is 11.3 Å². The number of nitriles is 1. The molecule has 2 aromatic carbocycles. The van der Waals surface area contributed by atoms with E-state index >= 15 is 0 Å². The fraction of sp³-hybridized carbons (Fsp3) is 0.150. The molecule has 0 saturated carbocycles. The number of nitrogens with one attached hydrogen (secondary N) is 1. The number of hydrogen-bond acceptors (Lipinski definition) is 5. The van der Waals surface area contributed by atoms with Crippen molar-refractivity contribution >= 4 is 23.6 Å². The molecule has 1 N–H and O–H groups in total. The minimum Gasteiger partial charge on any atom is -0.494 e. The van der Waals surface area contributed by atoms with Crippen LogP contribution in [0.3, 0.4) is 0 Å². The summed E-state index contributed by atoms with van der Waals surface area (Å²) >= 11 is 0. The monoisotopic (exact) mass is 368 g/mol. The predicted octanol–water partition coefficient (Wildman–Crippen LogP) is 3.31. The van der Waals surface area contributed by atoms with Gasteiger partial charge in [0.1, 0.15) is 23.2 Å². The number of nitrogens with zero attached hydrogens (tertiary/aromatic N) is 1. The van der Waals surface area contributed by atoms with E-state index in [0.717, 1.165) is 6.07 Å². The molecule has 0 aromatic heterocycles. The first kappa shape index (κ1) is 19.7. The Kier molecular flexibility index (Phi) is 7.08. The normalized spacial score (nSPS) is 10.6. The summed E-state index contributed by atoms with van der Waals surface area (Å²) < 4.78 is 23.2. The maximum atomic E-state index is 13.1. The van der Waals surface area contributed by atoms with Crippen molar-refractivity contribution in [3.05, 3.63) is 65.5 Å². The Labute approximate surface area is 155 Å². The van der Waals surface area contributed by atoms with Crippen molar-refractivity contribution in [2.24, 2.45) is 0 Å². The van der Waals surface area contributed by atoms with Gasteiger partial charge in [0.15, 0.2) is 6.61 Å². The van der Waals surface area contributed by atoms with Gasteiger partial charge in [0.2, 0.25) is 0 Å². The molecule has 0 radical (unpaired) electrons. The number of esters is 1. The first-order valence-electron chi connectivity index (χ1n) is 8.09. The number of hydrogen-bond donors (Lipinski definition) is 1. The molecule has 27 heavy (non-hydrogen) atoms. The first-order valence-corrected chi connectivity index (χ1v) is 8.09. The predicted molar refractivity (Wildman–Crippen MR) is 97.2 cm³/mol. The number of ether oxygens (including phenoxy) is 2. The van der Waals surface area contributed by atoms with E-state index in [1.165, 1.54) is 24.3 Å². The molecule has 2 aromatic rings. The summed E-state index contributed by atoms with van der Waals surface area (Å²) in [6.45, 7) is 1.79. The Balaban J connectivity index is 1.94. The lowest BCUT2D eigenvalue weighted by Crippen LogP contribution is -2.21. The van der Waals surface area contributed by atoms with Crippen LogP contribution in [0.2, 0.25) is 0 Å². The zero-order chi connectivity index (χ0) is 19.6. The highest BCUT2D eigenvalue weighted by Gasteiger charge is 2.13. The number of carbonyl (C=O) groups excluding carboxylic acids is 2. The van der Waals surface area contributed by atoms with Crippen molar-refractivity contribution in [2.75, 3.05) is 18.5 Å². The van der Waals surface area contributed by atoms with Gasteiger partial charge in [-0.3, -0.25) is 4.79 Å². The lowest BCUT2D eigenvalue weighted by Gasteiger charge is -2.06. The van der Waals surface area contributed by atoms with Crippen LogP contribution >= 0.6 is 0 Å². The average molecular weight is 368 g/mol. The summed E-state index contributed by atoms with van der Waals surface area (Å²) in [7, 11) is 0. The molecule has 0 spiro atoms. The lowest BCUT2D eigenvalue weighted by atomic mass is 10.1. The van der Waals surface area contributed by atoms with Gasteiger partial charge in [0, 0.05) is 5.69 Å². The lowest BCUT2D eigenvalue weighted by molar-refractivity contribution is -0.142. The summed E-state index contributed by atoms with van der Waals surface area (Å²) in [6.07, 6.45) is 1.35. The molecule has 0 saturated heterocycles. The van der Waals surface area contributed by atoms with Crippen molar-refractivity contribution in [1.29, 1.82) is 5.26 Å². The largest absolute Gasteiger partial charge is 0.494 e. The molecule has 1 amide bonds. The molecule has 0 heterocycles. The second-order valence-electron chi connectivity index (χ2n) is 5.31.